The highest BCUT2D eigenvalue weighted by molar-refractivity contribution is 7.89. The normalized spacial score (nSPS) is 14.6. The number of methoxy groups -OCH3 is 1. The highest BCUT2D eigenvalue weighted by Crippen LogP contribution is 2.27. The first-order valence-corrected chi connectivity index (χ1v) is 12.8. The average molecular weight is 499 g/mol. The molecule has 1 fully saturated rings. The Hall–Kier alpha value is -3.21. The number of anilines is 1. The van der Waals surface area contributed by atoms with Crippen molar-refractivity contribution in [2.75, 3.05) is 38.7 Å². The number of ether oxygens (including phenoxy) is 2. The Balaban J connectivity index is 1.50. The number of nitrogens with zero attached hydrogens (tertiary/aromatic N) is 3. The molecule has 1 N–H and O–H groups in total. The van der Waals surface area contributed by atoms with Crippen molar-refractivity contribution in [3.63, 3.8) is 0 Å². The predicted molar refractivity (Wildman–Crippen MR) is 133 cm³/mol. The molecule has 1 saturated heterocycles. The number of morpholine rings is 1. The third kappa shape index (κ3) is 5.24. The Morgan fingerprint density at radius 3 is 2.43 bits per heavy atom. The fourth-order valence-corrected chi connectivity index (χ4v) is 5.95. The Bertz CT molecular complexity index is 1330. The lowest BCUT2D eigenvalue weighted by molar-refractivity contribution is 0.0730. The summed E-state index contributed by atoms with van der Waals surface area (Å²) in [6, 6.07) is 12.8. The monoisotopic (exact) mass is 498 g/mol. The van der Waals surface area contributed by atoms with Crippen LogP contribution in [0.3, 0.4) is 0 Å². The van der Waals surface area contributed by atoms with Gasteiger partial charge < -0.3 is 14.8 Å². The lowest BCUT2D eigenvalue weighted by Crippen LogP contribution is -2.41. The maximum atomic E-state index is 13.2. The van der Waals surface area contributed by atoms with Crippen LogP contribution in [0.2, 0.25) is 0 Å². The van der Waals surface area contributed by atoms with E-state index in [9.17, 15) is 13.2 Å². The summed E-state index contributed by atoms with van der Waals surface area (Å²) in [7, 11) is -2.08. The molecule has 35 heavy (non-hydrogen) atoms. The lowest BCUT2D eigenvalue weighted by atomic mass is 10.1. The van der Waals surface area contributed by atoms with Gasteiger partial charge in [0.2, 0.25) is 10.0 Å². The molecule has 0 saturated carbocycles. The van der Waals surface area contributed by atoms with E-state index in [0.29, 0.717) is 61.2 Å². The fraction of sp³-hybridized carbons (Fsp3) is 0.360. The maximum absolute atomic E-state index is 13.2. The van der Waals surface area contributed by atoms with Crippen LogP contribution in [0, 0.1) is 20.8 Å². The van der Waals surface area contributed by atoms with E-state index >= 15 is 0 Å². The van der Waals surface area contributed by atoms with Crippen LogP contribution in [0.5, 0.6) is 5.75 Å². The van der Waals surface area contributed by atoms with Gasteiger partial charge in [-0.3, -0.25) is 9.48 Å². The summed E-state index contributed by atoms with van der Waals surface area (Å²) in [6.45, 7) is 7.27. The van der Waals surface area contributed by atoms with Gasteiger partial charge in [-0.2, -0.15) is 9.40 Å². The van der Waals surface area contributed by atoms with Gasteiger partial charge in [0.15, 0.2) is 0 Å². The summed E-state index contributed by atoms with van der Waals surface area (Å²) < 4.78 is 40.2. The van der Waals surface area contributed by atoms with Gasteiger partial charge >= 0.3 is 0 Å². The van der Waals surface area contributed by atoms with Gasteiger partial charge in [0.05, 0.1) is 43.9 Å². The Labute approximate surface area is 205 Å². The zero-order valence-electron chi connectivity index (χ0n) is 20.4. The molecule has 1 aromatic heterocycles. The Morgan fingerprint density at radius 1 is 1.09 bits per heavy atom. The van der Waals surface area contributed by atoms with Crippen molar-refractivity contribution in [1.82, 2.24) is 14.1 Å². The predicted octanol–water partition coefficient (Wildman–Crippen LogP) is 3.14. The number of amides is 1. The number of sulfonamides is 1. The maximum Gasteiger partial charge on any atom is 0.255 e. The lowest BCUT2D eigenvalue weighted by Gasteiger charge is -2.26. The summed E-state index contributed by atoms with van der Waals surface area (Å²) >= 11 is 0. The average Bonchev–Trinajstić information content (AvgIpc) is 3.13. The quantitative estimate of drug-likeness (QED) is 0.537. The number of hydrogen-bond donors (Lipinski definition) is 1. The minimum absolute atomic E-state index is 0.245. The molecule has 10 heteroatoms. The van der Waals surface area contributed by atoms with Gasteiger partial charge in [-0.1, -0.05) is 18.2 Å². The summed E-state index contributed by atoms with van der Waals surface area (Å²) in [5.41, 5.74) is 4.07. The number of aryl methyl sites for hydroxylation is 2. The van der Waals surface area contributed by atoms with Crippen LogP contribution in [0.25, 0.3) is 0 Å². The van der Waals surface area contributed by atoms with Gasteiger partial charge in [-0.05, 0) is 56.2 Å². The highest BCUT2D eigenvalue weighted by atomic mass is 32.2. The van der Waals surface area contributed by atoms with E-state index in [1.54, 1.807) is 37.8 Å². The molecule has 1 aliphatic rings. The fourth-order valence-electron chi connectivity index (χ4n) is 4.17. The van der Waals surface area contributed by atoms with Crippen molar-refractivity contribution in [1.29, 1.82) is 0 Å². The highest BCUT2D eigenvalue weighted by Gasteiger charge is 2.32. The van der Waals surface area contributed by atoms with Crippen LogP contribution in [0.15, 0.2) is 47.4 Å². The van der Waals surface area contributed by atoms with Crippen molar-refractivity contribution in [3.05, 3.63) is 70.5 Å². The minimum Gasteiger partial charge on any atom is -0.495 e. The molecule has 2 heterocycles. The summed E-state index contributed by atoms with van der Waals surface area (Å²) in [5.74, 6) is 0.346. The first-order chi connectivity index (χ1) is 16.7. The van der Waals surface area contributed by atoms with Crippen LogP contribution >= 0.6 is 0 Å². The SMILES string of the molecule is COc1ccc(C)cc1NC(=O)c1ccc(Cn2nc(C)c(S(=O)(=O)N3CCOCC3)c2C)cc1. The second kappa shape index (κ2) is 10.2. The van der Waals surface area contributed by atoms with E-state index in [-0.39, 0.29) is 10.8 Å². The van der Waals surface area contributed by atoms with E-state index < -0.39 is 10.0 Å². The van der Waals surface area contributed by atoms with E-state index in [1.165, 1.54) is 4.31 Å². The van der Waals surface area contributed by atoms with Crippen LogP contribution in [-0.4, -0.2) is 61.8 Å². The van der Waals surface area contributed by atoms with Gasteiger partial charge in [0, 0.05) is 18.7 Å². The van der Waals surface area contributed by atoms with Crippen LogP contribution < -0.4 is 10.1 Å². The third-order valence-electron chi connectivity index (χ3n) is 6.03. The molecule has 0 spiro atoms. The molecule has 1 aliphatic heterocycles. The van der Waals surface area contributed by atoms with E-state index in [1.807, 2.05) is 37.3 Å². The largest absolute Gasteiger partial charge is 0.495 e. The molecule has 0 aliphatic carbocycles. The van der Waals surface area contributed by atoms with E-state index in [0.717, 1.165) is 11.1 Å². The summed E-state index contributed by atoms with van der Waals surface area (Å²) in [6.07, 6.45) is 0. The zero-order valence-corrected chi connectivity index (χ0v) is 21.2. The molecule has 0 bridgehead atoms. The van der Waals surface area contributed by atoms with Gasteiger partial charge in [0.25, 0.3) is 5.91 Å². The number of nitrogens with one attached hydrogen (secondary N) is 1. The van der Waals surface area contributed by atoms with Crippen LogP contribution in [0.1, 0.15) is 32.9 Å². The molecule has 0 atom stereocenters. The van der Waals surface area contributed by atoms with Crippen molar-refractivity contribution < 1.29 is 22.7 Å². The number of rotatable bonds is 7. The summed E-state index contributed by atoms with van der Waals surface area (Å²) in [5, 5.41) is 7.39. The standard InChI is InChI=1S/C25H30N4O5S/c1-17-5-10-23(33-4)22(15-17)26-25(30)21-8-6-20(7-9-21)16-29-19(3)24(18(2)27-29)35(31,32)28-11-13-34-14-12-28/h5-10,15H,11-14,16H2,1-4H3,(H,26,30). The van der Waals surface area contributed by atoms with Gasteiger partial charge in [-0.25, -0.2) is 8.42 Å². The van der Waals surface area contributed by atoms with Crippen molar-refractivity contribution in [2.24, 2.45) is 0 Å². The molecular weight excluding hydrogens is 468 g/mol. The van der Waals surface area contributed by atoms with Gasteiger partial charge in [0.1, 0.15) is 10.6 Å². The molecule has 2 aromatic carbocycles. The molecule has 9 nitrogen and oxygen atoms in total. The number of benzene rings is 2. The van der Waals surface area contributed by atoms with Gasteiger partial charge in [-0.15, -0.1) is 0 Å². The smallest absolute Gasteiger partial charge is 0.255 e. The van der Waals surface area contributed by atoms with Crippen LogP contribution in [-0.2, 0) is 21.3 Å². The number of carbonyl (C=O) groups excluding carboxylic acids is 1. The number of hydrogen-bond acceptors (Lipinski definition) is 6. The topological polar surface area (TPSA) is 103 Å². The first-order valence-electron chi connectivity index (χ1n) is 11.4. The third-order valence-corrected chi connectivity index (χ3v) is 8.19. The van der Waals surface area contributed by atoms with Crippen LogP contribution in [0.4, 0.5) is 5.69 Å². The second-order valence-electron chi connectivity index (χ2n) is 8.53. The first kappa shape index (κ1) is 24.9. The molecular formula is C25H30N4O5S. The van der Waals surface area contributed by atoms with Crippen molar-refractivity contribution in [3.8, 4) is 5.75 Å². The Kier molecular flexibility index (Phi) is 7.25. The van der Waals surface area contributed by atoms with E-state index in [2.05, 4.69) is 10.4 Å². The molecule has 3 aromatic rings. The van der Waals surface area contributed by atoms with Crippen molar-refractivity contribution in [2.45, 2.75) is 32.2 Å². The number of aromatic nitrogens is 2. The van der Waals surface area contributed by atoms with E-state index in [4.69, 9.17) is 9.47 Å². The molecule has 4 rings (SSSR count). The second-order valence-corrected chi connectivity index (χ2v) is 10.4. The zero-order chi connectivity index (χ0) is 25.2. The molecule has 1 amide bonds. The minimum atomic E-state index is -3.64. The molecule has 0 unspecified atom stereocenters. The molecule has 186 valence electrons. The molecule has 0 radical (unpaired) electrons. The summed E-state index contributed by atoms with van der Waals surface area (Å²) in [4.78, 5) is 13.0. The Morgan fingerprint density at radius 2 is 1.77 bits per heavy atom. The van der Waals surface area contributed by atoms with Crippen molar-refractivity contribution >= 4 is 21.6 Å². The number of carbonyl (C=O) groups is 1.